The van der Waals surface area contributed by atoms with Crippen LogP contribution in [0.4, 0.5) is 0 Å². The van der Waals surface area contributed by atoms with Crippen molar-refractivity contribution in [2.45, 2.75) is 31.6 Å². The van der Waals surface area contributed by atoms with Gasteiger partial charge in [-0.1, -0.05) is 55.9 Å². The second-order valence-corrected chi connectivity index (χ2v) is 7.80. The molecule has 1 aliphatic heterocycles. The molecule has 144 valence electrons. The molecule has 0 radical (unpaired) electrons. The number of benzene rings is 1. The van der Waals surface area contributed by atoms with E-state index < -0.39 is 0 Å². The molecule has 0 N–H and O–H groups in total. The average Bonchev–Trinajstić information content (AvgIpc) is 3.17. The highest BCUT2D eigenvalue weighted by Crippen LogP contribution is 2.33. The summed E-state index contributed by atoms with van der Waals surface area (Å²) in [5.41, 5.74) is 1.48. The van der Waals surface area contributed by atoms with Crippen molar-refractivity contribution < 1.29 is 4.79 Å². The zero-order valence-electron chi connectivity index (χ0n) is 16.1. The third kappa shape index (κ3) is 3.40. The summed E-state index contributed by atoms with van der Waals surface area (Å²) in [5, 5.41) is 5.34. The van der Waals surface area contributed by atoms with E-state index in [0.717, 1.165) is 11.4 Å². The molecular weight excluding hydrogens is 372 g/mol. The van der Waals surface area contributed by atoms with Gasteiger partial charge in [-0.15, -0.1) is 0 Å². The van der Waals surface area contributed by atoms with Crippen LogP contribution >= 0.6 is 11.8 Å². The normalized spacial score (nSPS) is 16.3. The van der Waals surface area contributed by atoms with Crippen molar-refractivity contribution in [1.82, 2.24) is 29.6 Å². The smallest absolute Gasteiger partial charge is 0.257 e. The molecule has 0 bridgehead atoms. The van der Waals surface area contributed by atoms with Gasteiger partial charge >= 0.3 is 0 Å². The summed E-state index contributed by atoms with van der Waals surface area (Å²) in [6.07, 6.45) is 5.12. The summed E-state index contributed by atoms with van der Waals surface area (Å²) in [5.74, 6) is 1.65. The first-order valence-electron chi connectivity index (χ1n) is 9.25. The van der Waals surface area contributed by atoms with Gasteiger partial charge in [0.05, 0.1) is 18.2 Å². The van der Waals surface area contributed by atoms with E-state index in [1.807, 2.05) is 46.2 Å². The summed E-state index contributed by atoms with van der Waals surface area (Å²) in [6.45, 7) is 5.40. The standard InChI is InChI=1S/C20H22N6OS/c1-13(2)16-18-23-17(14-7-5-4-6-8-14)24-26(18)10-9-25(16)19(27)15-11-21-20(28-3)22-12-15/h4-8,11-13,16H,9-10H2,1-3H3/t16-/m0/s1. The molecule has 1 atom stereocenters. The molecule has 7 nitrogen and oxygen atoms in total. The van der Waals surface area contributed by atoms with Crippen LogP contribution in [0, 0.1) is 5.92 Å². The first-order chi connectivity index (χ1) is 13.6. The number of aromatic nitrogens is 5. The summed E-state index contributed by atoms with van der Waals surface area (Å²) in [4.78, 5) is 28.3. The van der Waals surface area contributed by atoms with Crippen LogP contribution in [-0.4, -0.2) is 48.3 Å². The van der Waals surface area contributed by atoms with Gasteiger partial charge in [-0.3, -0.25) is 4.79 Å². The molecule has 28 heavy (non-hydrogen) atoms. The maximum atomic E-state index is 13.2. The predicted octanol–water partition coefficient (Wildman–Crippen LogP) is 3.31. The molecule has 4 rings (SSSR count). The quantitative estimate of drug-likeness (QED) is 0.499. The van der Waals surface area contributed by atoms with Gasteiger partial charge in [-0.2, -0.15) is 5.10 Å². The van der Waals surface area contributed by atoms with E-state index in [0.29, 0.717) is 29.6 Å². The van der Waals surface area contributed by atoms with E-state index in [1.54, 1.807) is 12.4 Å². The van der Waals surface area contributed by atoms with Crippen LogP contribution in [0.2, 0.25) is 0 Å². The lowest BCUT2D eigenvalue weighted by Crippen LogP contribution is -2.44. The highest BCUT2D eigenvalue weighted by molar-refractivity contribution is 7.98. The first kappa shape index (κ1) is 18.6. The Kier molecular flexibility index (Phi) is 5.13. The molecule has 0 unspecified atom stereocenters. The predicted molar refractivity (Wildman–Crippen MR) is 108 cm³/mol. The Morgan fingerprint density at radius 2 is 1.86 bits per heavy atom. The molecule has 8 heteroatoms. The molecule has 1 aliphatic rings. The van der Waals surface area contributed by atoms with Crippen LogP contribution in [0.25, 0.3) is 11.4 Å². The van der Waals surface area contributed by atoms with E-state index in [9.17, 15) is 4.79 Å². The van der Waals surface area contributed by atoms with Gasteiger partial charge in [-0.25, -0.2) is 19.6 Å². The Hall–Kier alpha value is -2.74. The molecule has 0 saturated carbocycles. The van der Waals surface area contributed by atoms with Crippen LogP contribution < -0.4 is 0 Å². The third-order valence-corrected chi connectivity index (χ3v) is 5.41. The SMILES string of the molecule is CSc1ncc(C(=O)N2CCn3nc(-c4ccccc4)nc3[C@@H]2C(C)C)cn1. The van der Waals surface area contributed by atoms with Crippen molar-refractivity contribution >= 4 is 17.7 Å². The molecule has 3 heterocycles. The summed E-state index contributed by atoms with van der Waals surface area (Å²) < 4.78 is 1.93. The highest BCUT2D eigenvalue weighted by atomic mass is 32.2. The Labute approximate surface area is 168 Å². The average molecular weight is 395 g/mol. The van der Waals surface area contributed by atoms with E-state index in [-0.39, 0.29) is 17.9 Å². The number of fused-ring (bicyclic) bond motifs is 1. The molecule has 0 spiro atoms. The zero-order valence-corrected chi connectivity index (χ0v) is 16.9. The van der Waals surface area contributed by atoms with Crippen LogP contribution in [0.1, 0.15) is 36.1 Å². The van der Waals surface area contributed by atoms with Crippen molar-refractivity contribution in [2.75, 3.05) is 12.8 Å². The minimum atomic E-state index is -0.147. The molecule has 3 aromatic rings. The molecule has 0 aliphatic carbocycles. The van der Waals surface area contributed by atoms with E-state index >= 15 is 0 Å². The highest BCUT2D eigenvalue weighted by Gasteiger charge is 2.36. The number of nitrogens with zero attached hydrogens (tertiary/aromatic N) is 6. The number of carbonyl (C=O) groups is 1. The van der Waals surface area contributed by atoms with Crippen LogP contribution in [0.15, 0.2) is 47.9 Å². The fourth-order valence-corrected chi connectivity index (χ4v) is 3.83. The number of amides is 1. The summed E-state index contributed by atoms with van der Waals surface area (Å²) >= 11 is 1.45. The number of thioether (sulfide) groups is 1. The summed E-state index contributed by atoms with van der Waals surface area (Å²) in [6, 6.07) is 9.78. The molecule has 1 aromatic carbocycles. The molecule has 2 aromatic heterocycles. The lowest BCUT2D eigenvalue weighted by Gasteiger charge is -2.37. The topological polar surface area (TPSA) is 76.8 Å². The monoisotopic (exact) mass is 394 g/mol. The largest absolute Gasteiger partial charge is 0.326 e. The van der Waals surface area contributed by atoms with Crippen LogP contribution in [0.5, 0.6) is 0 Å². The third-order valence-electron chi connectivity index (χ3n) is 4.84. The van der Waals surface area contributed by atoms with Crippen molar-refractivity contribution in [1.29, 1.82) is 0 Å². The summed E-state index contributed by atoms with van der Waals surface area (Å²) in [7, 11) is 0. The van der Waals surface area contributed by atoms with Crippen molar-refractivity contribution in [2.24, 2.45) is 5.92 Å². The number of hydrogen-bond acceptors (Lipinski definition) is 6. The van der Waals surface area contributed by atoms with Gasteiger partial charge in [0.2, 0.25) is 0 Å². The van der Waals surface area contributed by atoms with Crippen LogP contribution in [0.3, 0.4) is 0 Å². The Bertz CT molecular complexity index is 970. The number of carbonyl (C=O) groups excluding carboxylic acids is 1. The van der Waals surface area contributed by atoms with Crippen molar-refractivity contribution in [3.63, 3.8) is 0 Å². The van der Waals surface area contributed by atoms with Crippen LogP contribution in [-0.2, 0) is 6.54 Å². The Morgan fingerprint density at radius 1 is 1.14 bits per heavy atom. The Balaban J connectivity index is 1.67. The second-order valence-electron chi connectivity index (χ2n) is 7.03. The van der Waals surface area contributed by atoms with Gasteiger partial charge in [-0.05, 0) is 12.2 Å². The van der Waals surface area contributed by atoms with Gasteiger partial charge in [0.15, 0.2) is 16.8 Å². The molecular formula is C20H22N6OS. The number of rotatable bonds is 4. The maximum absolute atomic E-state index is 13.2. The first-order valence-corrected chi connectivity index (χ1v) is 10.5. The molecule has 0 fully saturated rings. The second kappa shape index (κ2) is 7.71. The minimum Gasteiger partial charge on any atom is -0.326 e. The van der Waals surface area contributed by atoms with Gasteiger partial charge in [0, 0.05) is 24.5 Å². The van der Waals surface area contributed by atoms with E-state index in [2.05, 4.69) is 28.9 Å². The molecule has 0 saturated heterocycles. The zero-order chi connectivity index (χ0) is 19.7. The number of hydrogen-bond donors (Lipinski definition) is 0. The van der Waals surface area contributed by atoms with E-state index in [1.165, 1.54) is 11.8 Å². The van der Waals surface area contributed by atoms with Gasteiger partial charge in [0.25, 0.3) is 5.91 Å². The van der Waals surface area contributed by atoms with Crippen molar-refractivity contribution in [3.05, 3.63) is 54.1 Å². The maximum Gasteiger partial charge on any atom is 0.257 e. The van der Waals surface area contributed by atoms with E-state index in [4.69, 9.17) is 4.98 Å². The fraction of sp³-hybridized carbons (Fsp3) is 0.350. The minimum absolute atomic E-state index is 0.0677. The Morgan fingerprint density at radius 3 is 2.50 bits per heavy atom. The fourth-order valence-electron chi connectivity index (χ4n) is 3.51. The van der Waals surface area contributed by atoms with Gasteiger partial charge in [0.1, 0.15) is 0 Å². The van der Waals surface area contributed by atoms with Gasteiger partial charge < -0.3 is 4.90 Å². The lowest BCUT2D eigenvalue weighted by molar-refractivity contribution is 0.0535. The molecule has 1 amide bonds. The lowest BCUT2D eigenvalue weighted by atomic mass is 9.99. The van der Waals surface area contributed by atoms with Crippen molar-refractivity contribution in [3.8, 4) is 11.4 Å².